The molecular formula is C19H23ClN2O3S. The number of hydrogen-bond acceptors (Lipinski definition) is 4. The van der Waals surface area contributed by atoms with E-state index in [2.05, 4.69) is 10.6 Å². The molecule has 0 saturated carbocycles. The van der Waals surface area contributed by atoms with Crippen molar-refractivity contribution in [3.05, 3.63) is 51.7 Å². The highest BCUT2D eigenvalue weighted by Gasteiger charge is 2.17. The highest BCUT2D eigenvalue weighted by molar-refractivity contribution is 7.10. The summed E-state index contributed by atoms with van der Waals surface area (Å²) in [5.41, 5.74) is 0. The predicted octanol–water partition coefficient (Wildman–Crippen LogP) is 3.94. The van der Waals surface area contributed by atoms with Crippen molar-refractivity contribution in [3.63, 3.8) is 0 Å². The van der Waals surface area contributed by atoms with Crippen LogP contribution < -0.4 is 15.4 Å². The summed E-state index contributed by atoms with van der Waals surface area (Å²) in [5, 5.41) is 8.34. The Hall–Kier alpha value is -2.05. The SMILES string of the molecule is CC(=O)N[C@@H](CC(=O)NCCCCOc1ccc(Cl)cc1)c1cccs1. The number of carbonyl (C=O) groups is 2. The molecule has 0 radical (unpaired) electrons. The van der Waals surface area contributed by atoms with E-state index in [0.717, 1.165) is 23.5 Å². The summed E-state index contributed by atoms with van der Waals surface area (Å²) in [6.07, 6.45) is 1.90. The quantitative estimate of drug-likeness (QED) is 0.599. The Morgan fingerprint density at radius 2 is 1.96 bits per heavy atom. The van der Waals surface area contributed by atoms with E-state index in [4.69, 9.17) is 16.3 Å². The Morgan fingerprint density at radius 3 is 2.62 bits per heavy atom. The molecule has 26 heavy (non-hydrogen) atoms. The van der Waals surface area contributed by atoms with E-state index in [1.807, 2.05) is 29.6 Å². The zero-order chi connectivity index (χ0) is 18.8. The number of rotatable bonds is 10. The number of carbonyl (C=O) groups excluding carboxylic acids is 2. The smallest absolute Gasteiger partial charge is 0.222 e. The van der Waals surface area contributed by atoms with E-state index in [1.165, 1.54) is 18.3 Å². The zero-order valence-corrected chi connectivity index (χ0v) is 16.2. The summed E-state index contributed by atoms with van der Waals surface area (Å²) in [6.45, 7) is 2.63. The van der Waals surface area contributed by atoms with Crippen molar-refractivity contribution < 1.29 is 14.3 Å². The first-order valence-electron chi connectivity index (χ1n) is 8.50. The summed E-state index contributed by atoms with van der Waals surface area (Å²) < 4.78 is 5.61. The number of hydrogen-bond donors (Lipinski definition) is 2. The molecule has 5 nitrogen and oxygen atoms in total. The van der Waals surface area contributed by atoms with Crippen LogP contribution in [-0.2, 0) is 9.59 Å². The van der Waals surface area contributed by atoms with Crippen LogP contribution in [0.15, 0.2) is 41.8 Å². The molecule has 2 N–H and O–H groups in total. The Kier molecular flexibility index (Phi) is 8.44. The van der Waals surface area contributed by atoms with Gasteiger partial charge in [0.25, 0.3) is 0 Å². The van der Waals surface area contributed by atoms with Gasteiger partial charge in [-0.25, -0.2) is 0 Å². The Morgan fingerprint density at radius 1 is 1.19 bits per heavy atom. The van der Waals surface area contributed by atoms with Crippen molar-refractivity contribution in [1.29, 1.82) is 0 Å². The average Bonchev–Trinajstić information content (AvgIpc) is 3.13. The van der Waals surface area contributed by atoms with Crippen molar-refractivity contribution in [3.8, 4) is 5.75 Å². The van der Waals surface area contributed by atoms with Crippen molar-refractivity contribution in [1.82, 2.24) is 10.6 Å². The van der Waals surface area contributed by atoms with E-state index in [-0.39, 0.29) is 24.3 Å². The van der Waals surface area contributed by atoms with Crippen molar-refractivity contribution in [2.45, 2.75) is 32.2 Å². The van der Waals surface area contributed by atoms with Crippen molar-refractivity contribution in [2.24, 2.45) is 0 Å². The lowest BCUT2D eigenvalue weighted by molar-refractivity contribution is -0.122. The van der Waals surface area contributed by atoms with Crippen LogP contribution in [0.3, 0.4) is 0 Å². The van der Waals surface area contributed by atoms with Crippen LogP contribution in [0.25, 0.3) is 0 Å². The summed E-state index contributed by atoms with van der Waals surface area (Å²) in [7, 11) is 0. The second-order valence-corrected chi connectivity index (χ2v) is 7.25. The Labute approximate surface area is 162 Å². The van der Waals surface area contributed by atoms with Gasteiger partial charge >= 0.3 is 0 Å². The maximum Gasteiger partial charge on any atom is 0.222 e. The molecule has 0 fully saturated rings. The van der Waals surface area contributed by atoms with Crippen LogP contribution in [0.5, 0.6) is 5.75 Å². The summed E-state index contributed by atoms with van der Waals surface area (Å²) >= 11 is 7.35. The minimum atomic E-state index is -0.277. The van der Waals surface area contributed by atoms with Crippen molar-refractivity contribution >= 4 is 34.8 Å². The molecule has 2 rings (SSSR count). The molecule has 7 heteroatoms. The molecule has 2 aromatic rings. The van der Waals surface area contributed by atoms with Crippen LogP contribution in [0, 0.1) is 0 Å². The largest absolute Gasteiger partial charge is 0.494 e. The molecule has 140 valence electrons. The van der Waals surface area contributed by atoms with Gasteiger partial charge in [0.2, 0.25) is 11.8 Å². The highest BCUT2D eigenvalue weighted by Crippen LogP contribution is 2.22. The first kappa shape index (κ1) is 20.3. The van der Waals surface area contributed by atoms with E-state index in [1.54, 1.807) is 12.1 Å². The van der Waals surface area contributed by atoms with Gasteiger partial charge in [0, 0.05) is 23.4 Å². The third-order valence-electron chi connectivity index (χ3n) is 3.63. The normalized spacial score (nSPS) is 11.6. The fraction of sp³-hybridized carbons (Fsp3) is 0.368. The van der Waals surface area contributed by atoms with Crippen molar-refractivity contribution in [2.75, 3.05) is 13.2 Å². The number of benzene rings is 1. The Bertz CT molecular complexity index is 689. The third kappa shape index (κ3) is 7.45. The number of unbranched alkanes of at least 4 members (excludes halogenated alkanes) is 1. The standard InChI is InChI=1S/C19H23ClN2O3S/c1-14(23)22-17(18-5-4-12-26-18)13-19(24)21-10-2-3-11-25-16-8-6-15(20)7-9-16/h4-9,12,17H,2-3,10-11,13H2,1H3,(H,21,24)(H,22,23)/t17-/m0/s1. The number of nitrogens with one attached hydrogen (secondary N) is 2. The van der Waals surface area contributed by atoms with Crippen LogP contribution in [-0.4, -0.2) is 25.0 Å². The van der Waals surface area contributed by atoms with E-state index in [9.17, 15) is 9.59 Å². The highest BCUT2D eigenvalue weighted by atomic mass is 35.5. The lowest BCUT2D eigenvalue weighted by Gasteiger charge is -2.16. The Balaban J connectivity index is 1.63. The molecule has 0 aliphatic rings. The van der Waals surface area contributed by atoms with E-state index < -0.39 is 0 Å². The molecule has 0 spiro atoms. The minimum absolute atomic E-state index is 0.0734. The minimum Gasteiger partial charge on any atom is -0.494 e. The van der Waals surface area contributed by atoms with Crippen LogP contribution in [0.2, 0.25) is 5.02 Å². The van der Waals surface area contributed by atoms with Gasteiger partial charge < -0.3 is 15.4 Å². The van der Waals surface area contributed by atoms with Gasteiger partial charge in [-0.3, -0.25) is 9.59 Å². The fourth-order valence-corrected chi connectivity index (χ4v) is 3.29. The lowest BCUT2D eigenvalue weighted by atomic mass is 10.1. The molecule has 0 aliphatic heterocycles. The number of ether oxygens (including phenoxy) is 1. The molecule has 0 unspecified atom stereocenters. The molecular weight excluding hydrogens is 372 g/mol. The topological polar surface area (TPSA) is 67.4 Å². The molecule has 0 aliphatic carbocycles. The second kappa shape index (κ2) is 10.8. The van der Waals surface area contributed by atoms with Gasteiger partial charge in [0.1, 0.15) is 5.75 Å². The number of halogens is 1. The predicted molar refractivity (Wildman–Crippen MR) is 105 cm³/mol. The molecule has 0 bridgehead atoms. The summed E-state index contributed by atoms with van der Waals surface area (Å²) in [5.74, 6) is 0.568. The first-order chi connectivity index (χ1) is 12.5. The monoisotopic (exact) mass is 394 g/mol. The third-order valence-corrected chi connectivity index (χ3v) is 4.87. The maximum atomic E-state index is 12.1. The van der Waals surface area contributed by atoms with E-state index in [0.29, 0.717) is 18.2 Å². The molecule has 2 amide bonds. The lowest BCUT2D eigenvalue weighted by Crippen LogP contribution is -2.32. The van der Waals surface area contributed by atoms with Gasteiger partial charge in [-0.05, 0) is 48.6 Å². The summed E-state index contributed by atoms with van der Waals surface area (Å²) in [6, 6.07) is 10.8. The van der Waals surface area contributed by atoms with Gasteiger partial charge in [0.15, 0.2) is 0 Å². The van der Waals surface area contributed by atoms with Gasteiger partial charge in [-0.1, -0.05) is 17.7 Å². The maximum absolute atomic E-state index is 12.1. The molecule has 1 heterocycles. The second-order valence-electron chi connectivity index (χ2n) is 5.83. The molecule has 0 saturated heterocycles. The van der Waals surface area contributed by atoms with E-state index >= 15 is 0 Å². The number of thiophene rings is 1. The van der Waals surface area contributed by atoms with Gasteiger partial charge in [-0.2, -0.15) is 0 Å². The van der Waals surface area contributed by atoms with Gasteiger partial charge in [-0.15, -0.1) is 11.3 Å². The van der Waals surface area contributed by atoms with Gasteiger partial charge in [0.05, 0.1) is 19.1 Å². The fourth-order valence-electron chi connectivity index (χ4n) is 2.39. The molecule has 1 atom stereocenters. The zero-order valence-electron chi connectivity index (χ0n) is 14.7. The average molecular weight is 395 g/mol. The molecule has 1 aromatic carbocycles. The first-order valence-corrected chi connectivity index (χ1v) is 9.76. The summed E-state index contributed by atoms with van der Waals surface area (Å²) in [4.78, 5) is 24.4. The van der Waals surface area contributed by atoms with Crippen LogP contribution >= 0.6 is 22.9 Å². The van der Waals surface area contributed by atoms with Crippen LogP contribution in [0.4, 0.5) is 0 Å². The van der Waals surface area contributed by atoms with Crippen LogP contribution in [0.1, 0.15) is 37.1 Å². The number of amides is 2. The molecule has 1 aromatic heterocycles.